The second kappa shape index (κ2) is 9.08. The van der Waals surface area contributed by atoms with Gasteiger partial charge in [0.05, 0.1) is 23.8 Å². The first-order valence-corrected chi connectivity index (χ1v) is 9.41. The lowest BCUT2D eigenvalue weighted by Crippen LogP contribution is -2.54. The smallest absolute Gasteiger partial charge is 0.335 e. The van der Waals surface area contributed by atoms with Gasteiger partial charge in [-0.15, -0.1) is 0 Å². The zero-order valence-electron chi connectivity index (χ0n) is 16.8. The Labute approximate surface area is 177 Å². The molecule has 2 aromatic rings. The maximum atomic E-state index is 13.0. The number of carbonyl (C=O) groups is 3. The van der Waals surface area contributed by atoms with E-state index < -0.39 is 22.8 Å². The van der Waals surface area contributed by atoms with Crippen molar-refractivity contribution in [2.75, 3.05) is 18.1 Å². The van der Waals surface area contributed by atoms with Gasteiger partial charge in [0.25, 0.3) is 17.5 Å². The molecule has 10 nitrogen and oxygen atoms in total. The number of nitrogens with one attached hydrogen (secondary N) is 1. The Balaban J connectivity index is 2.00. The van der Waals surface area contributed by atoms with Gasteiger partial charge in [0, 0.05) is 12.1 Å². The quantitative estimate of drug-likeness (QED) is 0.312. The highest BCUT2D eigenvalue weighted by atomic mass is 16.6. The fraction of sp³-hybridized carbons (Fsp3) is 0.190. The molecule has 1 aliphatic rings. The van der Waals surface area contributed by atoms with Crippen molar-refractivity contribution in [3.05, 3.63) is 63.7 Å². The van der Waals surface area contributed by atoms with Crippen LogP contribution in [-0.4, -0.2) is 36.0 Å². The van der Waals surface area contributed by atoms with Gasteiger partial charge < -0.3 is 9.47 Å². The number of rotatable bonds is 7. The molecule has 1 N–H and O–H groups in total. The maximum Gasteiger partial charge on any atom is 0.335 e. The molecule has 0 aromatic heterocycles. The van der Waals surface area contributed by atoms with E-state index in [1.807, 2.05) is 13.8 Å². The van der Waals surface area contributed by atoms with E-state index in [4.69, 9.17) is 9.47 Å². The van der Waals surface area contributed by atoms with Crippen LogP contribution in [0.5, 0.6) is 11.5 Å². The van der Waals surface area contributed by atoms with E-state index in [1.54, 1.807) is 18.2 Å². The van der Waals surface area contributed by atoms with Gasteiger partial charge in [-0.1, -0.05) is 12.1 Å². The van der Waals surface area contributed by atoms with E-state index in [2.05, 4.69) is 5.32 Å². The molecule has 3 rings (SSSR count). The summed E-state index contributed by atoms with van der Waals surface area (Å²) in [5.41, 5.74) is -0.165. The Morgan fingerprint density at radius 3 is 2.42 bits per heavy atom. The molecule has 1 fully saturated rings. The summed E-state index contributed by atoms with van der Waals surface area (Å²) in [5, 5.41) is 13.1. The summed E-state index contributed by atoms with van der Waals surface area (Å²) in [5.74, 6) is -0.821. The molecule has 0 radical (unpaired) electrons. The Bertz CT molecular complexity index is 1090. The number of nitrogens with zero attached hydrogens (tertiary/aromatic N) is 2. The molecule has 0 saturated carbocycles. The number of nitro groups is 1. The van der Waals surface area contributed by atoms with Gasteiger partial charge in [0.1, 0.15) is 5.57 Å². The summed E-state index contributed by atoms with van der Waals surface area (Å²) in [6.45, 7) is 4.45. The molecule has 0 aliphatic carbocycles. The van der Waals surface area contributed by atoms with Crippen LogP contribution >= 0.6 is 0 Å². The van der Waals surface area contributed by atoms with Gasteiger partial charge in [-0.3, -0.25) is 25.0 Å². The maximum absolute atomic E-state index is 13.0. The zero-order valence-corrected chi connectivity index (χ0v) is 16.8. The number of urea groups is 1. The third-order valence-electron chi connectivity index (χ3n) is 4.28. The van der Waals surface area contributed by atoms with Crippen molar-refractivity contribution < 1.29 is 28.8 Å². The number of nitro benzene ring substituents is 1. The molecule has 4 amide bonds. The first kappa shape index (κ1) is 21.5. The van der Waals surface area contributed by atoms with Crippen LogP contribution in [0.4, 0.5) is 16.2 Å². The lowest BCUT2D eigenvalue weighted by molar-refractivity contribution is -0.384. The third kappa shape index (κ3) is 4.53. The van der Waals surface area contributed by atoms with Crippen molar-refractivity contribution in [1.29, 1.82) is 0 Å². The standard InChI is InChI=1S/C21H19N3O7/c1-3-30-17-9-8-13(11-18(17)31-4-2)10-16-19(25)22-21(27)23(20(16)26)14-6-5-7-15(12-14)24(28)29/h5-12H,3-4H2,1-2H3,(H,22,25,27). The van der Waals surface area contributed by atoms with Crippen LogP contribution in [0.2, 0.25) is 0 Å². The summed E-state index contributed by atoms with van der Waals surface area (Å²) in [6.07, 6.45) is 1.31. The average molecular weight is 425 g/mol. The molecule has 2 aromatic carbocycles. The summed E-state index contributed by atoms with van der Waals surface area (Å²) in [4.78, 5) is 48.7. The lowest BCUT2D eigenvalue weighted by Gasteiger charge is -2.26. The predicted octanol–water partition coefficient (Wildman–Crippen LogP) is 3.06. The van der Waals surface area contributed by atoms with Crippen LogP contribution in [0.15, 0.2) is 48.0 Å². The number of benzene rings is 2. The largest absolute Gasteiger partial charge is 0.490 e. The Hall–Kier alpha value is -4.21. The third-order valence-corrected chi connectivity index (χ3v) is 4.28. The first-order valence-electron chi connectivity index (χ1n) is 9.41. The van der Waals surface area contributed by atoms with Gasteiger partial charge in [-0.25, -0.2) is 9.69 Å². The fourth-order valence-corrected chi connectivity index (χ4v) is 2.96. The number of hydrogen-bond acceptors (Lipinski definition) is 7. The van der Waals surface area contributed by atoms with Crippen molar-refractivity contribution in [2.45, 2.75) is 13.8 Å². The second-order valence-corrected chi connectivity index (χ2v) is 6.31. The van der Waals surface area contributed by atoms with Crippen molar-refractivity contribution in [2.24, 2.45) is 0 Å². The molecular weight excluding hydrogens is 406 g/mol. The van der Waals surface area contributed by atoms with Crippen LogP contribution in [-0.2, 0) is 9.59 Å². The number of anilines is 1. The molecule has 0 atom stereocenters. The molecule has 1 aliphatic heterocycles. The van der Waals surface area contributed by atoms with Crippen LogP contribution < -0.4 is 19.7 Å². The van der Waals surface area contributed by atoms with Gasteiger partial charge >= 0.3 is 6.03 Å². The summed E-state index contributed by atoms with van der Waals surface area (Å²) in [7, 11) is 0. The van der Waals surface area contributed by atoms with Crippen molar-refractivity contribution in [3.8, 4) is 11.5 Å². The van der Waals surface area contributed by atoms with Crippen LogP contribution in [0.3, 0.4) is 0 Å². The molecule has 0 spiro atoms. The Morgan fingerprint density at radius 1 is 1.03 bits per heavy atom. The van der Waals surface area contributed by atoms with E-state index >= 15 is 0 Å². The molecule has 31 heavy (non-hydrogen) atoms. The van der Waals surface area contributed by atoms with E-state index in [0.717, 1.165) is 6.07 Å². The number of hydrogen-bond donors (Lipinski definition) is 1. The molecule has 160 valence electrons. The van der Waals surface area contributed by atoms with Gasteiger partial charge in [0.15, 0.2) is 11.5 Å². The van der Waals surface area contributed by atoms with Crippen molar-refractivity contribution in [1.82, 2.24) is 5.32 Å². The van der Waals surface area contributed by atoms with Crippen LogP contribution in [0.1, 0.15) is 19.4 Å². The minimum absolute atomic E-state index is 0.0307. The summed E-state index contributed by atoms with van der Waals surface area (Å²) >= 11 is 0. The fourth-order valence-electron chi connectivity index (χ4n) is 2.96. The average Bonchev–Trinajstić information content (AvgIpc) is 2.73. The SMILES string of the molecule is CCOc1ccc(C=C2C(=O)NC(=O)N(c3cccc([N+](=O)[O-])c3)C2=O)cc1OCC. The number of carbonyl (C=O) groups excluding carboxylic acids is 3. The normalized spacial score (nSPS) is 15.1. The van der Waals surface area contributed by atoms with Gasteiger partial charge in [0.2, 0.25) is 0 Å². The topological polar surface area (TPSA) is 128 Å². The Kier molecular flexibility index (Phi) is 6.29. The minimum atomic E-state index is -0.991. The molecule has 0 unspecified atom stereocenters. The number of amides is 4. The van der Waals surface area contributed by atoms with E-state index in [0.29, 0.717) is 35.2 Å². The second-order valence-electron chi connectivity index (χ2n) is 6.31. The molecule has 1 saturated heterocycles. The number of barbiturate groups is 1. The van der Waals surface area contributed by atoms with Crippen molar-refractivity contribution in [3.63, 3.8) is 0 Å². The number of imide groups is 2. The highest BCUT2D eigenvalue weighted by Gasteiger charge is 2.37. The van der Waals surface area contributed by atoms with E-state index in [9.17, 15) is 24.5 Å². The first-order chi connectivity index (χ1) is 14.8. The Morgan fingerprint density at radius 2 is 1.74 bits per heavy atom. The molecular formula is C21H19N3O7. The van der Waals surface area contributed by atoms with E-state index in [1.165, 1.54) is 24.3 Å². The molecule has 1 heterocycles. The monoisotopic (exact) mass is 425 g/mol. The number of non-ortho nitro benzene ring substituents is 1. The summed E-state index contributed by atoms with van der Waals surface area (Å²) < 4.78 is 11.0. The van der Waals surface area contributed by atoms with Gasteiger partial charge in [-0.05, 0) is 43.7 Å². The summed E-state index contributed by atoms with van der Waals surface area (Å²) in [6, 6.07) is 8.91. The lowest BCUT2D eigenvalue weighted by atomic mass is 10.1. The van der Waals surface area contributed by atoms with Crippen LogP contribution in [0, 0.1) is 10.1 Å². The number of ether oxygens (including phenoxy) is 2. The van der Waals surface area contributed by atoms with Crippen LogP contribution in [0.25, 0.3) is 6.08 Å². The predicted molar refractivity (Wildman–Crippen MR) is 111 cm³/mol. The highest BCUT2D eigenvalue weighted by molar-refractivity contribution is 6.39. The zero-order chi connectivity index (χ0) is 22.5. The highest BCUT2D eigenvalue weighted by Crippen LogP contribution is 2.30. The molecule has 10 heteroatoms. The minimum Gasteiger partial charge on any atom is -0.490 e. The van der Waals surface area contributed by atoms with Crippen molar-refractivity contribution >= 4 is 35.3 Å². The molecule has 0 bridgehead atoms. The van der Waals surface area contributed by atoms with Gasteiger partial charge in [-0.2, -0.15) is 0 Å². The van der Waals surface area contributed by atoms with E-state index in [-0.39, 0.29) is 16.9 Å².